The molecule has 1 unspecified atom stereocenters. The van der Waals surface area contributed by atoms with Gasteiger partial charge in [0.25, 0.3) is 0 Å². The number of hydrogen-bond donors (Lipinski definition) is 0. The maximum atomic E-state index is 6.14. The fraction of sp³-hybridized carbons (Fsp3) is 0.500. The lowest BCUT2D eigenvalue weighted by Gasteiger charge is -2.08. The summed E-state index contributed by atoms with van der Waals surface area (Å²) in [5.74, 6) is 0. The van der Waals surface area contributed by atoms with Crippen molar-refractivity contribution in [1.29, 1.82) is 0 Å². The minimum atomic E-state index is 0.611. The van der Waals surface area contributed by atoms with E-state index >= 15 is 0 Å². The zero-order chi connectivity index (χ0) is 10.6. The molecule has 0 saturated heterocycles. The van der Waals surface area contributed by atoms with Crippen molar-refractivity contribution in [2.24, 2.45) is 0 Å². The van der Waals surface area contributed by atoms with E-state index in [1.54, 1.807) is 0 Å². The van der Waals surface area contributed by atoms with Crippen LogP contribution in [0.4, 0.5) is 0 Å². The van der Waals surface area contributed by atoms with Crippen molar-refractivity contribution in [3.05, 3.63) is 34.3 Å². The van der Waals surface area contributed by atoms with E-state index in [4.69, 9.17) is 11.6 Å². The van der Waals surface area contributed by atoms with E-state index in [1.165, 1.54) is 17.5 Å². The molecule has 0 heterocycles. The standard InChI is InChI=1S/C12H16BrCl/c1-3-11(13)7-6-10-5-4-9(2)8-12(10)14/h4-5,8,11H,3,6-7H2,1-2H3. The maximum Gasteiger partial charge on any atom is 0.0440 e. The lowest BCUT2D eigenvalue weighted by molar-refractivity contribution is 0.746. The molecule has 0 fully saturated rings. The second-order valence-corrected chi connectivity index (χ2v) is 5.34. The number of halogens is 2. The zero-order valence-electron chi connectivity index (χ0n) is 8.69. The van der Waals surface area contributed by atoms with Gasteiger partial charge < -0.3 is 0 Å². The van der Waals surface area contributed by atoms with E-state index in [0.29, 0.717) is 4.83 Å². The summed E-state index contributed by atoms with van der Waals surface area (Å²) in [5, 5.41) is 0.904. The molecule has 0 N–H and O–H groups in total. The van der Waals surface area contributed by atoms with Crippen molar-refractivity contribution in [1.82, 2.24) is 0 Å². The summed E-state index contributed by atoms with van der Waals surface area (Å²) in [6.45, 7) is 4.26. The highest BCUT2D eigenvalue weighted by molar-refractivity contribution is 9.09. The average molecular weight is 276 g/mol. The summed E-state index contributed by atoms with van der Waals surface area (Å²) in [5.41, 5.74) is 2.49. The molecule has 0 aliphatic carbocycles. The Morgan fingerprint density at radius 2 is 2.14 bits per heavy atom. The fourth-order valence-corrected chi connectivity index (χ4v) is 1.93. The van der Waals surface area contributed by atoms with Crippen molar-refractivity contribution < 1.29 is 0 Å². The largest absolute Gasteiger partial charge is 0.0891 e. The van der Waals surface area contributed by atoms with Crippen molar-refractivity contribution >= 4 is 27.5 Å². The van der Waals surface area contributed by atoms with Gasteiger partial charge in [-0.3, -0.25) is 0 Å². The van der Waals surface area contributed by atoms with Gasteiger partial charge >= 0.3 is 0 Å². The van der Waals surface area contributed by atoms with Crippen LogP contribution in [0.25, 0.3) is 0 Å². The number of aryl methyl sites for hydroxylation is 2. The van der Waals surface area contributed by atoms with Gasteiger partial charge in [0.05, 0.1) is 0 Å². The second-order valence-electron chi connectivity index (χ2n) is 3.64. The molecule has 1 rings (SSSR count). The molecule has 14 heavy (non-hydrogen) atoms. The van der Waals surface area contributed by atoms with Crippen LogP contribution in [0.2, 0.25) is 5.02 Å². The molecule has 0 amide bonds. The zero-order valence-corrected chi connectivity index (χ0v) is 11.0. The van der Waals surface area contributed by atoms with Gasteiger partial charge in [-0.05, 0) is 43.4 Å². The number of alkyl halides is 1. The summed E-state index contributed by atoms with van der Waals surface area (Å²) in [7, 11) is 0. The first kappa shape index (κ1) is 12.1. The number of hydrogen-bond acceptors (Lipinski definition) is 0. The first-order valence-corrected chi connectivity index (χ1v) is 6.32. The third kappa shape index (κ3) is 3.62. The first-order chi connectivity index (χ1) is 6.63. The molecule has 1 aromatic carbocycles. The molecule has 2 heteroatoms. The summed E-state index contributed by atoms with van der Waals surface area (Å²) in [4.78, 5) is 0.611. The molecule has 0 spiro atoms. The quantitative estimate of drug-likeness (QED) is 0.695. The van der Waals surface area contributed by atoms with Crippen molar-refractivity contribution in [3.8, 4) is 0 Å². The van der Waals surface area contributed by atoms with Crippen molar-refractivity contribution in [2.75, 3.05) is 0 Å². The van der Waals surface area contributed by atoms with Gasteiger partial charge in [0.2, 0.25) is 0 Å². The minimum Gasteiger partial charge on any atom is -0.0891 e. The van der Waals surface area contributed by atoms with Crippen LogP contribution in [0.1, 0.15) is 30.9 Å². The normalized spacial score (nSPS) is 12.9. The lowest BCUT2D eigenvalue weighted by Crippen LogP contribution is -1.98. The van der Waals surface area contributed by atoms with Gasteiger partial charge in [-0.25, -0.2) is 0 Å². The molecular weight excluding hydrogens is 259 g/mol. The maximum absolute atomic E-state index is 6.14. The Labute approximate surface area is 99.8 Å². The van der Waals surface area contributed by atoms with E-state index in [0.717, 1.165) is 17.9 Å². The Bertz CT molecular complexity index is 296. The van der Waals surface area contributed by atoms with Crippen LogP contribution in [0.5, 0.6) is 0 Å². The van der Waals surface area contributed by atoms with Crippen LogP contribution < -0.4 is 0 Å². The highest BCUT2D eigenvalue weighted by atomic mass is 79.9. The Morgan fingerprint density at radius 3 is 2.71 bits per heavy atom. The molecule has 0 aliphatic heterocycles. The minimum absolute atomic E-state index is 0.611. The number of rotatable bonds is 4. The van der Waals surface area contributed by atoms with E-state index in [1.807, 2.05) is 6.07 Å². The Balaban J connectivity index is 2.59. The SMILES string of the molecule is CCC(Br)CCc1ccc(C)cc1Cl. The number of benzene rings is 1. The summed E-state index contributed by atoms with van der Waals surface area (Å²) >= 11 is 9.77. The van der Waals surface area contributed by atoms with Gasteiger partial charge in [0, 0.05) is 9.85 Å². The molecule has 78 valence electrons. The molecule has 1 aromatic rings. The summed E-state index contributed by atoms with van der Waals surface area (Å²) in [6, 6.07) is 6.29. The predicted octanol–water partition coefficient (Wildman–Crippen LogP) is 4.75. The predicted molar refractivity (Wildman–Crippen MR) is 67.5 cm³/mol. The van der Waals surface area contributed by atoms with Crippen LogP contribution >= 0.6 is 27.5 Å². The Hall–Kier alpha value is -0.0100. The fourth-order valence-electron chi connectivity index (χ4n) is 1.37. The van der Waals surface area contributed by atoms with E-state index in [-0.39, 0.29) is 0 Å². The Morgan fingerprint density at radius 1 is 1.43 bits per heavy atom. The Kier molecular flexibility index (Phi) is 4.97. The van der Waals surface area contributed by atoms with Crippen LogP contribution in [-0.2, 0) is 6.42 Å². The summed E-state index contributed by atoms with van der Waals surface area (Å²) < 4.78 is 0. The molecule has 0 bridgehead atoms. The lowest BCUT2D eigenvalue weighted by atomic mass is 10.1. The van der Waals surface area contributed by atoms with Crippen LogP contribution in [0.15, 0.2) is 18.2 Å². The van der Waals surface area contributed by atoms with Crippen molar-refractivity contribution in [3.63, 3.8) is 0 Å². The van der Waals surface area contributed by atoms with Gasteiger partial charge in [0.15, 0.2) is 0 Å². The monoisotopic (exact) mass is 274 g/mol. The van der Waals surface area contributed by atoms with Crippen LogP contribution in [0, 0.1) is 6.92 Å². The highest BCUT2D eigenvalue weighted by Gasteiger charge is 2.04. The topological polar surface area (TPSA) is 0 Å². The third-order valence-corrected chi connectivity index (χ3v) is 3.84. The van der Waals surface area contributed by atoms with Gasteiger partial charge in [-0.2, -0.15) is 0 Å². The van der Waals surface area contributed by atoms with Gasteiger partial charge in [-0.15, -0.1) is 0 Å². The smallest absolute Gasteiger partial charge is 0.0440 e. The molecular formula is C12H16BrCl. The molecule has 0 radical (unpaired) electrons. The molecule has 0 saturated carbocycles. The van der Waals surface area contributed by atoms with E-state index in [2.05, 4.69) is 41.9 Å². The van der Waals surface area contributed by atoms with E-state index < -0.39 is 0 Å². The van der Waals surface area contributed by atoms with Crippen LogP contribution in [0.3, 0.4) is 0 Å². The second kappa shape index (κ2) is 5.77. The third-order valence-electron chi connectivity index (χ3n) is 2.38. The molecule has 0 nitrogen and oxygen atoms in total. The van der Waals surface area contributed by atoms with Gasteiger partial charge in [-0.1, -0.05) is 46.6 Å². The molecule has 0 aromatic heterocycles. The molecule has 0 aliphatic rings. The average Bonchev–Trinajstić information content (AvgIpc) is 2.16. The van der Waals surface area contributed by atoms with Gasteiger partial charge in [0.1, 0.15) is 0 Å². The molecule has 1 atom stereocenters. The van der Waals surface area contributed by atoms with Crippen molar-refractivity contribution in [2.45, 2.75) is 37.9 Å². The van der Waals surface area contributed by atoms with Crippen LogP contribution in [-0.4, -0.2) is 4.83 Å². The van der Waals surface area contributed by atoms with E-state index in [9.17, 15) is 0 Å². The highest BCUT2D eigenvalue weighted by Crippen LogP contribution is 2.21. The first-order valence-electron chi connectivity index (χ1n) is 5.02. The summed E-state index contributed by atoms with van der Waals surface area (Å²) in [6.07, 6.45) is 3.38.